The van der Waals surface area contributed by atoms with E-state index in [1.807, 2.05) is 0 Å². The second-order valence-electron chi connectivity index (χ2n) is 5.60. The van der Waals surface area contributed by atoms with Crippen molar-refractivity contribution in [3.8, 4) is 0 Å². The summed E-state index contributed by atoms with van der Waals surface area (Å²) in [6, 6.07) is 6.04. The summed E-state index contributed by atoms with van der Waals surface area (Å²) in [5.74, 6) is 0. The van der Waals surface area contributed by atoms with Gasteiger partial charge < -0.3 is 4.74 Å². The summed E-state index contributed by atoms with van der Waals surface area (Å²) in [5, 5.41) is 2.63. The van der Waals surface area contributed by atoms with Gasteiger partial charge >= 0.3 is 6.09 Å². The van der Waals surface area contributed by atoms with Crippen molar-refractivity contribution in [2.45, 2.75) is 43.1 Å². The SMILES string of the molecule is CN(C)S(=O)(=O)c1ccc(NC(=O)OC2CCCCC2)cc1. The molecule has 122 valence electrons. The van der Waals surface area contributed by atoms with E-state index in [9.17, 15) is 13.2 Å². The van der Waals surface area contributed by atoms with Crippen LogP contribution in [0.4, 0.5) is 10.5 Å². The fourth-order valence-electron chi connectivity index (χ4n) is 2.40. The lowest BCUT2D eigenvalue weighted by Gasteiger charge is -2.21. The molecule has 0 atom stereocenters. The number of rotatable bonds is 4. The third-order valence-electron chi connectivity index (χ3n) is 3.71. The van der Waals surface area contributed by atoms with E-state index in [0.29, 0.717) is 5.69 Å². The van der Waals surface area contributed by atoms with Gasteiger partial charge in [-0.15, -0.1) is 0 Å². The maximum absolute atomic E-state index is 11.9. The first-order valence-corrected chi connectivity index (χ1v) is 8.84. The van der Waals surface area contributed by atoms with Crippen molar-refractivity contribution < 1.29 is 17.9 Å². The number of nitrogens with zero attached hydrogens (tertiary/aromatic N) is 1. The Bertz CT molecular complexity index is 605. The van der Waals surface area contributed by atoms with Crippen LogP contribution < -0.4 is 5.32 Å². The van der Waals surface area contributed by atoms with E-state index in [1.54, 1.807) is 12.1 Å². The molecule has 0 aromatic heterocycles. The van der Waals surface area contributed by atoms with Crippen LogP contribution >= 0.6 is 0 Å². The molecular weight excluding hydrogens is 304 g/mol. The van der Waals surface area contributed by atoms with E-state index in [-0.39, 0.29) is 11.0 Å². The number of carbonyl (C=O) groups is 1. The quantitative estimate of drug-likeness (QED) is 0.923. The summed E-state index contributed by atoms with van der Waals surface area (Å²) in [6.07, 6.45) is 4.70. The van der Waals surface area contributed by atoms with Gasteiger partial charge in [0.25, 0.3) is 0 Å². The average molecular weight is 326 g/mol. The van der Waals surface area contributed by atoms with Crippen molar-refractivity contribution in [2.24, 2.45) is 0 Å². The maximum Gasteiger partial charge on any atom is 0.411 e. The van der Waals surface area contributed by atoms with Crippen LogP contribution in [-0.4, -0.2) is 39.0 Å². The third-order valence-corrected chi connectivity index (χ3v) is 5.53. The first kappa shape index (κ1) is 16.8. The second-order valence-corrected chi connectivity index (χ2v) is 7.75. The number of benzene rings is 1. The molecule has 0 spiro atoms. The summed E-state index contributed by atoms with van der Waals surface area (Å²) in [4.78, 5) is 12.0. The normalized spacial score (nSPS) is 16.5. The first-order chi connectivity index (χ1) is 10.4. The minimum atomic E-state index is -3.46. The lowest BCUT2D eigenvalue weighted by Crippen LogP contribution is -2.24. The lowest BCUT2D eigenvalue weighted by molar-refractivity contribution is 0.0865. The zero-order valence-electron chi connectivity index (χ0n) is 12.9. The molecule has 1 fully saturated rings. The molecule has 0 unspecified atom stereocenters. The van der Waals surface area contributed by atoms with E-state index in [4.69, 9.17) is 4.74 Å². The Labute approximate surface area is 131 Å². The Kier molecular flexibility index (Phi) is 5.42. The molecule has 0 saturated heterocycles. The Morgan fingerprint density at radius 2 is 1.73 bits per heavy atom. The molecule has 7 heteroatoms. The zero-order valence-corrected chi connectivity index (χ0v) is 13.7. The van der Waals surface area contributed by atoms with E-state index in [0.717, 1.165) is 30.0 Å². The minimum Gasteiger partial charge on any atom is -0.446 e. The fourth-order valence-corrected chi connectivity index (χ4v) is 3.30. The molecule has 2 rings (SSSR count). The maximum atomic E-state index is 11.9. The molecule has 1 saturated carbocycles. The van der Waals surface area contributed by atoms with Crippen LogP contribution in [-0.2, 0) is 14.8 Å². The summed E-state index contributed by atoms with van der Waals surface area (Å²) >= 11 is 0. The number of ether oxygens (including phenoxy) is 1. The molecule has 1 aromatic carbocycles. The lowest BCUT2D eigenvalue weighted by atomic mass is 9.98. The van der Waals surface area contributed by atoms with E-state index >= 15 is 0 Å². The van der Waals surface area contributed by atoms with Crippen molar-refractivity contribution in [1.29, 1.82) is 0 Å². The predicted octanol–water partition coefficient (Wildman–Crippen LogP) is 2.82. The largest absolute Gasteiger partial charge is 0.446 e. The number of amides is 1. The number of carbonyl (C=O) groups excluding carboxylic acids is 1. The monoisotopic (exact) mass is 326 g/mol. The molecule has 0 heterocycles. The molecule has 1 N–H and O–H groups in total. The first-order valence-electron chi connectivity index (χ1n) is 7.40. The zero-order chi connectivity index (χ0) is 16.2. The highest BCUT2D eigenvalue weighted by atomic mass is 32.2. The Morgan fingerprint density at radius 3 is 2.27 bits per heavy atom. The van der Waals surface area contributed by atoms with Gasteiger partial charge in [-0.05, 0) is 49.9 Å². The van der Waals surface area contributed by atoms with Crippen molar-refractivity contribution in [1.82, 2.24) is 4.31 Å². The smallest absolute Gasteiger partial charge is 0.411 e. The number of anilines is 1. The molecule has 22 heavy (non-hydrogen) atoms. The number of sulfonamides is 1. The van der Waals surface area contributed by atoms with Gasteiger partial charge in [0.1, 0.15) is 6.10 Å². The summed E-state index contributed by atoms with van der Waals surface area (Å²) in [5.41, 5.74) is 0.513. The third kappa shape index (κ3) is 4.20. The van der Waals surface area contributed by atoms with Crippen LogP contribution in [0.15, 0.2) is 29.2 Å². The highest BCUT2D eigenvalue weighted by Crippen LogP contribution is 2.21. The number of hydrogen-bond donors (Lipinski definition) is 1. The van der Waals surface area contributed by atoms with Gasteiger partial charge in [-0.1, -0.05) is 6.42 Å². The highest BCUT2D eigenvalue weighted by Gasteiger charge is 2.19. The van der Waals surface area contributed by atoms with Crippen molar-refractivity contribution in [3.05, 3.63) is 24.3 Å². The molecule has 1 aliphatic rings. The van der Waals surface area contributed by atoms with Gasteiger partial charge in [-0.25, -0.2) is 17.5 Å². The summed E-state index contributed by atoms with van der Waals surface area (Å²) < 4.78 is 30.4. The van der Waals surface area contributed by atoms with Crippen molar-refractivity contribution in [2.75, 3.05) is 19.4 Å². The summed E-state index contributed by atoms with van der Waals surface area (Å²) in [6.45, 7) is 0. The van der Waals surface area contributed by atoms with Gasteiger partial charge in [0.05, 0.1) is 4.90 Å². The molecule has 1 aliphatic carbocycles. The second kappa shape index (κ2) is 7.11. The Morgan fingerprint density at radius 1 is 1.14 bits per heavy atom. The van der Waals surface area contributed by atoms with Gasteiger partial charge in [-0.2, -0.15) is 0 Å². The molecule has 0 radical (unpaired) electrons. The van der Waals surface area contributed by atoms with Crippen LogP contribution in [0, 0.1) is 0 Å². The Balaban J connectivity index is 1.95. The summed E-state index contributed by atoms with van der Waals surface area (Å²) in [7, 11) is -0.505. The molecule has 6 nitrogen and oxygen atoms in total. The van der Waals surface area contributed by atoms with Crippen LogP contribution in [0.1, 0.15) is 32.1 Å². The topological polar surface area (TPSA) is 75.7 Å². The van der Waals surface area contributed by atoms with Gasteiger partial charge in [0.15, 0.2) is 0 Å². The predicted molar refractivity (Wildman–Crippen MR) is 84.3 cm³/mol. The van der Waals surface area contributed by atoms with Gasteiger partial charge in [0.2, 0.25) is 10.0 Å². The van der Waals surface area contributed by atoms with Crippen LogP contribution in [0.2, 0.25) is 0 Å². The number of hydrogen-bond acceptors (Lipinski definition) is 4. The fraction of sp³-hybridized carbons (Fsp3) is 0.533. The average Bonchev–Trinajstić information content (AvgIpc) is 2.48. The molecule has 1 aromatic rings. The minimum absolute atomic E-state index is 0.0119. The van der Waals surface area contributed by atoms with Crippen LogP contribution in [0.25, 0.3) is 0 Å². The van der Waals surface area contributed by atoms with Gasteiger partial charge in [-0.3, -0.25) is 5.32 Å². The van der Waals surface area contributed by atoms with Crippen molar-refractivity contribution in [3.63, 3.8) is 0 Å². The Hall–Kier alpha value is -1.60. The van der Waals surface area contributed by atoms with Crippen LogP contribution in [0.3, 0.4) is 0 Å². The molecular formula is C15H22N2O4S. The van der Waals surface area contributed by atoms with E-state index in [1.165, 1.54) is 32.6 Å². The highest BCUT2D eigenvalue weighted by molar-refractivity contribution is 7.89. The molecule has 0 bridgehead atoms. The standard InChI is InChI=1S/C15H22N2O4S/c1-17(2)22(19,20)14-10-8-12(9-11-14)16-15(18)21-13-6-4-3-5-7-13/h8-11,13H,3-7H2,1-2H3,(H,16,18). The van der Waals surface area contributed by atoms with E-state index in [2.05, 4.69) is 5.32 Å². The molecule has 0 aliphatic heterocycles. The van der Waals surface area contributed by atoms with Crippen LogP contribution in [0.5, 0.6) is 0 Å². The van der Waals surface area contributed by atoms with Gasteiger partial charge in [0, 0.05) is 19.8 Å². The molecule has 1 amide bonds. The van der Waals surface area contributed by atoms with E-state index < -0.39 is 16.1 Å². The van der Waals surface area contributed by atoms with Crippen molar-refractivity contribution >= 4 is 21.8 Å². The number of nitrogens with one attached hydrogen (secondary N) is 1.